The fourth-order valence-corrected chi connectivity index (χ4v) is 1.78. The molecule has 1 heterocycles. The first-order valence-corrected chi connectivity index (χ1v) is 6.81. The minimum absolute atomic E-state index is 0. The molecule has 2 nitrogen and oxygen atoms in total. The molecule has 1 aromatic rings. The van der Waals surface area contributed by atoms with Gasteiger partial charge in [-0.25, -0.2) is 0 Å². The predicted molar refractivity (Wildman–Crippen MR) is 87.1 cm³/mol. The normalized spacial score (nSPS) is 10.7. The van der Waals surface area contributed by atoms with Crippen LogP contribution in [0.2, 0.25) is 5.31 Å². The number of rotatable bonds is 5. The molecule has 0 saturated heterocycles. The Labute approximate surface area is 121 Å². The van der Waals surface area contributed by atoms with E-state index in [1.807, 2.05) is 26.0 Å². The summed E-state index contributed by atoms with van der Waals surface area (Å²) in [6.45, 7) is 14.8. The molecule has 0 bridgehead atoms. The smallest absolute Gasteiger partial charge is 0.176 e. The third-order valence-electron chi connectivity index (χ3n) is 2.66. The number of ether oxygens (including phenoxy) is 1. The Morgan fingerprint density at radius 1 is 1.21 bits per heavy atom. The van der Waals surface area contributed by atoms with Crippen LogP contribution < -0.4 is 4.74 Å². The molecule has 0 aliphatic heterocycles. The van der Waals surface area contributed by atoms with Gasteiger partial charge in [-0.15, -0.1) is 0 Å². The Kier molecular flexibility index (Phi) is 9.64. The van der Waals surface area contributed by atoms with Crippen molar-refractivity contribution in [2.45, 2.75) is 73.1 Å². The molecular weight excluding hydrogens is 233 g/mol. The van der Waals surface area contributed by atoms with Gasteiger partial charge in [-0.05, 0) is 26.0 Å². The highest BCUT2D eigenvalue weighted by Gasteiger charge is 2.30. The number of hydrogen-bond donors (Lipinski definition) is 0. The molecule has 0 aliphatic carbocycles. The Bertz CT molecular complexity index is 323. The summed E-state index contributed by atoms with van der Waals surface area (Å²) in [7, 11) is 2.26. The number of nitrogens with zero attached hydrogens (tertiary/aromatic N) is 1. The van der Waals surface area contributed by atoms with Crippen LogP contribution in [0.3, 0.4) is 0 Å². The first kappa shape index (κ1) is 20.3. The maximum atomic E-state index is 5.92. The van der Waals surface area contributed by atoms with Gasteiger partial charge in [-0.3, -0.25) is 4.98 Å². The lowest BCUT2D eigenvalue weighted by atomic mass is 9.45. The summed E-state index contributed by atoms with van der Waals surface area (Å²) in [5.41, 5.74) is -0.275. The van der Waals surface area contributed by atoms with Crippen molar-refractivity contribution in [3.8, 4) is 5.75 Å². The van der Waals surface area contributed by atoms with Gasteiger partial charge < -0.3 is 4.74 Å². The van der Waals surface area contributed by atoms with Crippen LogP contribution in [0.15, 0.2) is 24.5 Å². The maximum Gasteiger partial charge on any atom is 0.176 e. The molecule has 1 rings (SSSR count). The average molecular weight is 264 g/mol. The van der Waals surface area contributed by atoms with Gasteiger partial charge in [0.1, 0.15) is 5.75 Å². The lowest BCUT2D eigenvalue weighted by Crippen LogP contribution is -2.40. The van der Waals surface area contributed by atoms with Crippen molar-refractivity contribution in [2.75, 3.05) is 0 Å². The van der Waals surface area contributed by atoms with Gasteiger partial charge in [0.15, 0.2) is 7.28 Å². The highest BCUT2D eigenvalue weighted by atomic mass is 16.5. The van der Waals surface area contributed by atoms with Crippen molar-refractivity contribution in [1.82, 2.24) is 4.98 Å². The van der Waals surface area contributed by atoms with E-state index in [1.54, 1.807) is 12.4 Å². The summed E-state index contributed by atoms with van der Waals surface area (Å²) >= 11 is 0. The summed E-state index contributed by atoms with van der Waals surface area (Å²) in [4.78, 5) is 4.05. The SMILES string of the molecule is C.CC.CCC(C)(C)[B]C(C)(C)Oc1cccnc1. The summed E-state index contributed by atoms with van der Waals surface area (Å²) in [6.07, 6.45) is 4.60. The fraction of sp³-hybridized carbons (Fsp3) is 0.688. The van der Waals surface area contributed by atoms with Crippen LogP contribution in [0.4, 0.5) is 0 Å². The van der Waals surface area contributed by atoms with E-state index < -0.39 is 0 Å². The van der Waals surface area contributed by atoms with Crippen LogP contribution in [0.5, 0.6) is 5.75 Å². The molecule has 0 atom stereocenters. The van der Waals surface area contributed by atoms with Crippen molar-refractivity contribution in [3.05, 3.63) is 24.5 Å². The van der Waals surface area contributed by atoms with Crippen LogP contribution in [-0.4, -0.2) is 17.8 Å². The minimum Gasteiger partial charge on any atom is -0.496 e. The summed E-state index contributed by atoms with van der Waals surface area (Å²) in [5.74, 6) is 0.815. The summed E-state index contributed by atoms with van der Waals surface area (Å²) in [5, 5.41) is 0.186. The second kappa shape index (κ2) is 9.00. The van der Waals surface area contributed by atoms with Crippen molar-refractivity contribution < 1.29 is 4.74 Å². The third kappa shape index (κ3) is 8.69. The van der Waals surface area contributed by atoms with E-state index in [1.165, 1.54) is 0 Å². The molecule has 1 radical (unpaired) electrons. The van der Waals surface area contributed by atoms with E-state index >= 15 is 0 Å². The van der Waals surface area contributed by atoms with Gasteiger partial charge in [-0.1, -0.05) is 53.8 Å². The third-order valence-corrected chi connectivity index (χ3v) is 2.66. The van der Waals surface area contributed by atoms with Crippen molar-refractivity contribution in [2.24, 2.45) is 0 Å². The molecule has 3 heteroatoms. The van der Waals surface area contributed by atoms with Gasteiger partial charge in [-0.2, -0.15) is 0 Å². The number of hydrogen-bond acceptors (Lipinski definition) is 2. The Morgan fingerprint density at radius 2 is 1.79 bits per heavy atom. The Hall–Kier alpha value is -0.985. The zero-order valence-electron chi connectivity index (χ0n) is 12.9. The molecule has 0 spiro atoms. The second-order valence-corrected chi connectivity index (χ2v) is 5.38. The van der Waals surface area contributed by atoms with Crippen LogP contribution in [-0.2, 0) is 0 Å². The first-order chi connectivity index (χ1) is 8.35. The highest BCUT2D eigenvalue weighted by Crippen LogP contribution is 2.32. The summed E-state index contributed by atoms with van der Waals surface area (Å²) < 4.78 is 5.92. The molecule has 1 aromatic heterocycles. The van der Waals surface area contributed by atoms with Gasteiger partial charge in [0.05, 0.1) is 11.7 Å². The fourth-order valence-electron chi connectivity index (χ4n) is 1.78. The van der Waals surface area contributed by atoms with Crippen LogP contribution in [0.1, 0.15) is 62.3 Å². The number of pyridine rings is 1. The first-order valence-electron chi connectivity index (χ1n) is 6.81. The van der Waals surface area contributed by atoms with E-state index in [9.17, 15) is 0 Å². The van der Waals surface area contributed by atoms with Crippen molar-refractivity contribution >= 4 is 7.28 Å². The molecule has 0 aliphatic rings. The van der Waals surface area contributed by atoms with Crippen molar-refractivity contribution in [3.63, 3.8) is 0 Å². The van der Waals surface area contributed by atoms with E-state index in [-0.39, 0.29) is 18.2 Å². The highest BCUT2D eigenvalue weighted by molar-refractivity contribution is 6.43. The quantitative estimate of drug-likeness (QED) is 0.684. The molecule has 0 amide bonds. The monoisotopic (exact) mass is 264 g/mol. The van der Waals surface area contributed by atoms with Crippen LogP contribution in [0.25, 0.3) is 0 Å². The minimum atomic E-state index is -0.275. The van der Waals surface area contributed by atoms with E-state index in [0.717, 1.165) is 12.2 Å². The van der Waals surface area contributed by atoms with Gasteiger partial charge >= 0.3 is 0 Å². The van der Waals surface area contributed by atoms with Gasteiger partial charge in [0, 0.05) is 6.20 Å². The number of aromatic nitrogens is 1. The zero-order chi connectivity index (χ0) is 14.2. The van der Waals surface area contributed by atoms with Crippen LogP contribution >= 0.6 is 0 Å². The summed E-state index contributed by atoms with van der Waals surface area (Å²) in [6, 6.07) is 3.82. The molecule has 0 fully saturated rings. The lowest BCUT2D eigenvalue weighted by Gasteiger charge is -2.33. The molecule has 0 saturated carbocycles. The lowest BCUT2D eigenvalue weighted by molar-refractivity contribution is 0.188. The second-order valence-electron chi connectivity index (χ2n) is 5.38. The largest absolute Gasteiger partial charge is 0.496 e. The van der Waals surface area contributed by atoms with E-state index in [4.69, 9.17) is 4.74 Å². The molecule has 0 unspecified atom stereocenters. The Balaban J connectivity index is 0. The van der Waals surface area contributed by atoms with Crippen LogP contribution in [0, 0.1) is 0 Å². The Morgan fingerprint density at radius 3 is 2.21 bits per heavy atom. The van der Waals surface area contributed by atoms with Gasteiger partial charge in [0.25, 0.3) is 0 Å². The molecular formula is C16H31BNO. The molecule has 0 aromatic carbocycles. The maximum absolute atomic E-state index is 5.92. The molecule has 109 valence electrons. The topological polar surface area (TPSA) is 22.1 Å². The zero-order valence-corrected chi connectivity index (χ0v) is 12.9. The predicted octanol–water partition coefficient (Wildman–Crippen LogP) is 5.17. The standard InChI is InChI=1S/C13H21BNO.C2H6.CH4/c1-6-12(2,3)14-13(4,5)16-11-8-7-9-15-10-11;1-2;/h7-10H,6H2,1-5H3;1-2H3;1H4. The average Bonchev–Trinajstić information content (AvgIpc) is 2.31. The molecule has 19 heavy (non-hydrogen) atoms. The van der Waals surface area contributed by atoms with E-state index in [0.29, 0.717) is 0 Å². The van der Waals surface area contributed by atoms with Crippen molar-refractivity contribution in [1.29, 1.82) is 0 Å². The molecule has 0 N–H and O–H groups in total. The van der Waals surface area contributed by atoms with E-state index in [2.05, 4.69) is 46.9 Å². The van der Waals surface area contributed by atoms with Gasteiger partial charge in [0.2, 0.25) is 0 Å².